The highest BCUT2D eigenvalue weighted by Gasteiger charge is 2.01. The molecule has 0 unspecified atom stereocenters. The lowest BCUT2D eigenvalue weighted by molar-refractivity contribution is 0.603. The van der Waals surface area contributed by atoms with Crippen molar-refractivity contribution in [2.24, 2.45) is 5.14 Å². The normalized spacial score (nSPS) is 11.0. The van der Waals surface area contributed by atoms with Gasteiger partial charge in [0.05, 0.1) is 5.69 Å². The second kappa shape index (κ2) is 4.30. The first-order valence-corrected chi connectivity index (χ1v) is 5.70. The molecule has 1 aromatic carbocycles. The predicted molar refractivity (Wildman–Crippen MR) is 57.3 cm³/mol. The van der Waals surface area contributed by atoms with Gasteiger partial charge in [-0.1, -0.05) is 6.07 Å². The van der Waals surface area contributed by atoms with Gasteiger partial charge in [-0.25, -0.2) is 5.14 Å². The van der Waals surface area contributed by atoms with Crippen LogP contribution < -0.4 is 15.2 Å². The molecule has 0 radical (unpaired) electrons. The highest BCUT2D eigenvalue weighted by molar-refractivity contribution is 7.90. The van der Waals surface area contributed by atoms with E-state index in [2.05, 4.69) is 10.0 Å². The molecule has 0 heterocycles. The van der Waals surface area contributed by atoms with Crippen LogP contribution in [-0.2, 0) is 10.2 Å². The zero-order chi connectivity index (χ0) is 10.6. The molecular weight excluding hydrogens is 202 g/mol. The molecule has 14 heavy (non-hydrogen) atoms. The van der Waals surface area contributed by atoms with E-state index in [1.807, 2.05) is 13.0 Å². The van der Waals surface area contributed by atoms with E-state index >= 15 is 0 Å². The van der Waals surface area contributed by atoms with Gasteiger partial charge in [0.1, 0.15) is 0 Å². The van der Waals surface area contributed by atoms with Gasteiger partial charge in [0.2, 0.25) is 0 Å². The highest BCUT2D eigenvalue weighted by atomic mass is 32.2. The molecule has 0 aromatic heterocycles. The van der Waals surface area contributed by atoms with Crippen molar-refractivity contribution in [3.8, 4) is 0 Å². The zero-order valence-electron chi connectivity index (χ0n) is 7.82. The molecule has 0 atom stereocenters. The van der Waals surface area contributed by atoms with E-state index in [4.69, 9.17) is 5.14 Å². The molecule has 78 valence electrons. The fourth-order valence-electron chi connectivity index (χ4n) is 1.06. The summed E-state index contributed by atoms with van der Waals surface area (Å²) >= 11 is 0. The molecule has 0 bridgehead atoms. The van der Waals surface area contributed by atoms with E-state index in [-0.39, 0.29) is 0 Å². The lowest BCUT2D eigenvalue weighted by atomic mass is 10.3. The monoisotopic (exact) mass is 215 g/mol. The van der Waals surface area contributed by atoms with Crippen molar-refractivity contribution in [2.75, 3.05) is 16.6 Å². The summed E-state index contributed by atoms with van der Waals surface area (Å²) in [6, 6.07) is 6.89. The lowest BCUT2D eigenvalue weighted by Crippen LogP contribution is -2.21. The van der Waals surface area contributed by atoms with Crippen molar-refractivity contribution in [3.05, 3.63) is 24.3 Å². The summed E-state index contributed by atoms with van der Waals surface area (Å²) in [6.07, 6.45) is 0. The van der Waals surface area contributed by atoms with Crippen LogP contribution in [0.25, 0.3) is 0 Å². The number of rotatable bonds is 4. The van der Waals surface area contributed by atoms with Crippen LogP contribution in [0.1, 0.15) is 6.92 Å². The largest absolute Gasteiger partial charge is 0.385 e. The lowest BCUT2D eigenvalue weighted by Gasteiger charge is -2.06. The maximum Gasteiger partial charge on any atom is 0.296 e. The Bertz CT molecular complexity index is 403. The smallest absolute Gasteiger partial charge is 0.296 e. The fraction of sp³-hybridized carbons (Fsp3) is 0.250. The molecule has 1 aromatic rings. The molecule has 5 nitrogen and oxygen atoms in total. The number of nitrogens with one attached hydrogen (secondary N) is 2. The number of hydrogen-bond acceptors (Lipinski definition) is 3. The molecule has 0 aliphatic carbocycles. The molecule has 0 spiro atoms. The molecule has 0 aliphatic rings. The summed E-state index contributed by atoms with van der Waals surface area (Å²) < 4.78 is 23.6. The molecule has 0 amide bonds. The van der Waals surface area contributed by atoms with E-state index in [0.717, 1.165) is 12.2 Å². The number of nitrogens with two attached hydrogens (primary N) is 1. The highest BCUT2D eigenvalue weighted by Crippen LogP contribution is 2.15. The van der Waals surface area contributed by atoms with Crippen LogP contribution in [0.2, 0.25) is 0 Å². The first-order valence-electron chi connectivity index (χ1n) is 4.16. The summed E-state index contributed by atoms with van der Waals surface area (Å²) in [7, 11) is -3.69. The van der Waals surface area contributed by atoms with Crippen LogP contribution in [0.15, 0.2) is 24.3 Å². The first kappa shape index (κ1) is 10.8. The zero-order valence-corrected chi connectivity index (χ0v) is 8.64. The quantitative estimate of drug-likeness (QED) is 0.692. The maximum atomic E-state index is 10.7. The second-order valence-electron chi connectivity index (χ2n) is 2.76. The molecule has 6 heteroatoms. The average molecular weight is 215 g/mol. The molecule has 4 N–H and O–H groups in total. The van der Waals surface area contributed by atoms with Gasteiger partial charge in [-0.15, -0.1) is 0 Å². The van der Waals surface area contributed by atoms with Gasteiger partial charge in [0.15, 0.2) is 0 Å². The molecule has 0 fully saturated rings. The Morgan fingerprint density at radius 1 is 1.36 bits per heavy atom. The van der Waals surface area contributed by atoms with E-state index in [1.54, 1.807) is 18.2 Å². The molecular formula is C8H13N3O2S. The van der Waals surface area contributed by atoms with Gasteiger partial charge in [-0.2, -0.15) is 8.42 Å². The van der Waals surface area contributed by atoms with Crippen molar-refractivity contribution in [3.63, 3.8) is 0 Å². The Morgan fingerprint density at radius 3 is 2.57 bits per heavy atom. The summed E-state index contributed by atoms with van der Waals surface area (Å²) in [5.74, 6) is 0. The molecule has 0 saturated heterocycles. The van der Waals surface area contributed by atoms with Crippen molar-refractivity contribution in [2.45, 2.75) is 6.92 Å². The molecule has 0 saturated carbocycles. The molecule has 1 rings (SSSR count). The minimum atomic E-state index is -3.69. The first-order chi connectivity index (χ1) is 6.51. The van der Waals surface area contributed by atoms with Gasteiger partial charge in [-0.3, -0.25) is 4.72 Å². The fourth-order valence-corrected chi connectivity index (χ4v) is 1.52. The Hall–Kier alpha value is -1.27. The maximum absolute atomic E-state index is 10.7. The summed E-state index contributed by atoms with van der Waals surface area (Å²) in [5.41, 5.74) is 1.30. The van der Waals surface area contributed by atoms with E-state index in [1.165, 1.54) is 0 Å². The van der Waals surface area contributed by atoms with Crippen molar-refractivity contribution in [1.29, 1.82) is 0 Å². The third-order valence-corrected chi connectivity index (χ3v) is 2.02. The average Bonchev–Trinajstić information content (AvgIpc) is 2.02. The van der Waals surface area contributed by atoms with E-state index in [0.29, 0.717) is 5.69 Å². The Kier molecular flexibility index (Phi) is 3.32. The van der Waals surface area contributed by atoms with Gasteiger partial charge in [0.25, 0.3) is 10.2 Å². The van der Waals surface area contributed by atoms with Crippen LogP contribution in [0.3, 0.4) is 0 Å². The minimum absolute atomic E-state index is 0.450. The van der Waals surface area contributed by atoms with Crippen LogP contribution >= 0.6 is 0 Å². The van der Waals surface area contributed by atoms with E-state index < -0.39 is 10.2 Å². The number of hydrogen-bond donors (Lipinski definition) is 3. The minimum Gasteiger partial charge on any atom is -0.385 e. The van der Waals surface area contributed by atoms with Crippen molar-refractivity contribution < 1.29 is 8.42 Å². The Labute approximate surface area is 83.5 Å². The topological polar surface area (TPSA) is 84.2 Å². The van der Waals surface area contributed by atoms with Crippen LogP contribution in [-0.4, -0.2) is 15.0 Å². The van der Waals surface area contributed by atoms with Gasteiger partial charge in [-0.05, 0) is 25.1 Å². The van der Waals surface area contributed by atoms with Crippen molar-refractivity contribution >= 4 is 21.6 Å². The van der Waals surface area contributed by atoms with Crippen LogP contribution in [0, 0.1) is 0 Å². The van der Waals surface area contributed by atoms with Gasteiger partial charge in [0, 0.05) is 12.2 Å². The third kappa shape index (κ3) is 3.63. The standard InChI is InChI=1S/C8H13N3O2S/c1-2-10-7-4-3-5-8(6-7)11-14(9,12)13/h3-6,10-11H,2H2,1H3,(H2,9,12,13). The van der Waals surface area contributed by atoms with Crippen LogP contribution in [0.4, 0.5) is 11.4 Å². The summed E-state index contributed by atoms with van der Waals surface area (Å²) in [6.45, 7) is 2.73. The van der Waals surface area contributed by atoms with Crippen molar-refractivity contribution in [1.82, 2.24) is 0 Å². The number of benzene rings is 1. The number of anilines is 2. The third-order valence-electron chi connectivity index (χ3n) is 1.50. The Morgan fingerprint density at radius 2 is 2.00 bits per heavy atom. The predicted octanol–water partition coefficient (Wildman–Crippen LogP) is 0.734. The Balaban J connectivity index is 2.83. The van der Waals surface area contributed by atoms with Gasteiger partial charge < -0.3 is 5.32 Å². The van der Waals surface area contributed by atoms with Gasteiger partial charge >= 0.3 is 0 Å². The van der Waals surface area contributed by atoms with E-state index in [9.17, 15) is 8.42 Å². The summed E-state index contributed by atoms with van der Waals surface area (Å²) in [4.78, 5) is 0. The summed E-state index contributed by atoms with van der Waals surface area (Å²) in [5, 5.41) is 7.89. The molecule has 0 aliphatic heterocycles. The second-order valence-corrected chi connectivity index (χ2v) is 4.05. The van der Waals surface area contributed by atoms with Crippen LogP contribution in [0.5, 0.6) is 0 Å². The SMILES string of the molecule is CCNc1cccc(NS(N)(=O)=O)c1.